The van der Waals surface area contributed by atoms with Crippen molar-refractivity contribution in [2.24, 2.45) is 5.92 Å². The summed E-state index contributed by atoms with van der Waals surface area (Å²) >= 11 is 3.30. The van der Waals surface area contributed by atoms with Crippen molar-refractivity contribution in [1.29, 1.82) is 0 Å². The van der Waals surface area contributed by atoms with Crippen LogP contribution in [0.1, 0.15) is 19.8 Å². The first-order valence-corrected chi connectivity index (χ1v) is 9.60. The Balaban J connectivity index is 2.18. The molecule has 1 saturated heterocycles. The van der Waals surface area contributed by atoms with Crippen molar-refractivity contribution in [3.8, 4) is 0 Å². The number of benzene rings is 1. The predicted molar refractivity (Wildman–Crippen MR) is 88.9 cm³/mol. The van der Waals surface area contributed by atoms with Crippen molar-refractivity contribution in [2.75, 3.05) is 26.7 Å². The third-order valence-electron chi connectivity index (χ3n) is 4.04. The molecule has 1 amide bonds. The van der Waals surface area contributed by atoms with Gasteiger partial charge in [-0.15, -0.1) is 0 Å². The summed E-state index contributed by atoms with van der Waals surface area (Å²) in [6.07, 6.45) is 1.46. The molecule has 1 unspecified atom stereocenters. The van der Waals surface area contributed by atoms with E-state index in [0.29, 0.717) is 19.5 Å². The summed E-state index contributed by atoms with van der Waals surface area (Å²) in [6, 6.07) is 6.60. The molecular weight excluding hydrogens is 368 g/mol. The molecule has 122 valence electrons. The molecule has 1 atom stereocenters. The topological polar surface area (TPSA) is 57.7 Å². The Hall–Kier alpha value is -0.920. The molecule has 0 saturated carbocycles. The Morgan fingerprint density at radius 3 is 2.59 bits per heavy atom. The smallest absolute Gasteiger partial charge is 0.243 e. The Bertz CT molecular complexity index is 631. The minimum atomic E-state index is -3.54. The number of rotatable bonds is 4. The van der Waals surface area contributed by atoms with Gasteiger partial charge in [0, 0.05) is 31.2 Å². The second kappa shape index (κ2) is 7.10. The lowest BCUT2D eigenvalue weighted by molar-refractivity contribution is -0.135. The van der Waals surface area contributed by atoms with Crippen LogP contribution in [-0.4, -0.2) is 50.2 Å². The van der Waals surface area contributed by atoms with E-state index in [2.05, 4.69) is 15.9 Å². The molecule has 0 radical (unpaired) electrons. The average molecular weight is 389 g/mol. The fourth-order valence-corrected chi connectivity index (χ4v) is 4.37. The Morgan fingerprint density at radius 1 is 1.36 bits per heavy atom. The van der Waals surface area contributed by atoms with Crippen LogP contribution in [0.15, 0.2) is 33.6 Å². The highest BCUT2D eigenvalue weighted by atomic mass is 79.9. The van der Waals surface area contributed by atoms with E-state index >= 15 is 0 Å². The molecule has 2 rings (SSSR count). The minimum absolute atomic E-state index is 0.0261. The number of amides is 1. The number of nitrogens with zero attached hydrogens (tertiary/aromatic N) is 2. The van der Waals surface area contributed by atoms with Crippen molar-refractivity contribution < 1.29 is 13.2 Å². The van der Waals surface area contributed by atoms with Gasteiger partial charge in [0.25, 0.3) is 0 Å². The number of hydrogen-bond acceptors (Lipinski definition) is 3. The van der Waals surface area contributed by atoms with E-state index in [1.165, 1.54) is 4.31 Å². The van der Waals surface area contributed by atoms with E-state index < -0.39 is 10.0 Å². The van der Waals surface area contributed by atoms with E-state index in [1.54, 1.807) is 36.2 Å². The molecule has 1 aliphatic rings. The average Bonchev–Trinajstić information content (AvgIpc) is 2.54. The van der Waals surface area contributed by atoms with Crippen LogP contribution in [-0.2, 0) is 14.8 Å². The lowest BCUT2D eigenvalue weighted by Crippen LogP contribution is -2.45. The van der Waals surface area contributed by atoms with Crippen LogP contribution in [0, 0.1) is 5.92 Å². The summed E-state index contributed by atoms with van der Waals surface area (Å²) in [6.45, 7) is 3.28. The molecule has 0 bridgehead atoms. The van der Waals surface area contributed by atoms with E-state index in [0.717, 1.165) is 10.9 Å². The Kier molecular flexibility index (Phi) is 5.63. The van der Waals surface area contributed by atoms with Crippen molar-refractivity contribution in [1.82, 2.24) is 9.21 Å². The molecule has 1 aromatic carbocycles. The molecule has 7 heteroatoms. The largest absolute Gasteiger partial charge is 0.346 e. The molecule has 0 aliphatic carbocycles. The number of hydrogen-bond donors (Lipinski definition) is 0. The summed E-state index contributed by atoms with van der Waals surface area (Å²) in [7, 11) is -1.78. The van der Waals surface area contributed by atoms with Crippen LogP contribution in [0.4, 0.5) is 0 Å². The van der Waals surface area contributed by atoms with Gasteiger partial charge in [-0.1, -0.05) is 15.9 Å². The second-order valence-corrected chi connectivity index (χ2v) is 8.36. The first kappa shape index (κ1) is 17.4. The van der Waals surface area contributed by atoms with E-state index in [-0.39, 0.29) is 23.3 Å². The Labute approximate surface area is 140 Å². The fourth-order valence-electron chi connectivity index (χ4n) is 2.59. The number of sulfonamides is 1. The summed E-state index contributed by atoms with van der Waals surface area (Å²) in [5.41, 5.74) is 0. The number of piperidine rings is 1. The third kappa shape index (κ3) is 3.70. The van der Waals surface area contributed by atoms with Crippen LogP contribution >= 0.6 is 15.9 Å². The fraction of sp³-hybridized carbons (Fsp3) is 0.533. The highest BCUT2D eigenvalue weighted by Crippen LogP contribution is 2.25. The van der Waals surface area contributed by atoms with Crippen LogP contribution in [0.3, 0.4) is 0 Å². The van der Waals surface area contributed by atoms with Crippen LogP contribution in [0.2, 0.25) is 0 Å². The minimum Gasteiger partial charge on any atom is -0.346 e. The quantitative estimate of drug-likeness (QED) is 0.794. The zero-order valence-corrected chi connectivity index (χ0v) is 15.2. The van der Waals surface area contributed by atoms with Gasteiger partial charge >= 0.3 is 0 Å². The van der Waals surface area contributed by atoms with Gasteiger partial charge in [0.15, 0.2) is 0 Å². The lowest BCUT2D eigenvalue weighted by atomic mass is 9.98. The molecule has 22 heavy (non-hydrogen) atoms. The van der Waals surface area contributed by atoms with Crippen LogP contribution < -0.4 is 0 Å². The van der Waals surface area contributed by atoms with E-state index in [1.807, 2.05) is 6.92 Å². The highest BCUT2D eigenvalue weighted by molar-refractivity contribution is 9.10. The van der Waals surface area contributed by atoms with Gasteiger partial charge in [-0.3, -0.25) is 4.79 Å². The van der Waals surface area contributed by atoms with Gasteiger partial charge in [0.2, 0.25) is 15.9 Å². The number of halogens is 1. The van der Waals surface area contributed by atoms with E-state index in [9.17, 15) is 13.2 Å². The zero-order chi connectivity index (χ0) is 16.3. The summed E-state index contributed by atoms with van der Waals surface area (Å²) in [4.78, 5) is 14.2. The molecule has 1 heterocycles. The maximum Gasteiger partial charge on any atom is 0.243 e. The first-order valence-electron chi connectivity index (χ1n) is 7.37. The molecule has 0 N–H and O–H groups in total. The standard InChI is InChI=1S/C15H21BrN2O3S/c1-3-17(2)15(19)12-5-4-10-18(11-12)22(20,21)14-8-6-13(16)7-9-14/h6-9,12H,3-5,10-11H2,1-2H3. The van der Waals surface area contributed by atoms with Crippen LogP contribution in [0.25, 0.3) is 0 Å². The van der Waals surface area contributed by atoms with Gasteiger partial charge in [-0.25, -0.2) is 8.42 Å². The summed E-state index contributed by atoms with van der Waals surface area (Å²) in [5, 5.41) is 0. The second-order valence-electron chi connectivity index (χ2n) is 5.51. The van der Waals surface area contributed by atoms with E-state index in [4.69, 9.17) is 0 Å². The highest BCUT2D eigenvalue weighted by Gasteiger charge is 2.34. The number of carbonyl (C=O) groups is 1. The van der Waals surface area contributed by atoms with Crippen molar-refractivity contribution >= 4 is 31.9 Å². The Morgan fingerprint density at radius 2 is 2.00 bits per heavy atom. The lowest BCUT2D eigenvalue weighted by Gasteiger charge is -2.33. The summed E-state index contributed by atoms with van der Waals surface area (Å²) in [5.74, 6) is -0.220. The number of carbonyl (C=O) groups excluding carboxylic acids is 1. The van der Waals surface area contributed by atoms with Gasteiger partial charge < -0.3 is 4.90 Å². The van der Waals surface area contributed by atoms with Gasteiger partial charge in [-0.05, 0) is 44.0 Å². The molecule has 1 fully saturated rings. The maximum absolute atomic E-state index is 12.7. The molecule has 1 aliphatic heterocycles. The molecule has 0 aromatic heterocycles. The van der Waals surface area contributed by atoms with Gasteiger partial charge in [0.05, 0.1) is 10.8 Å². The van der Waals surface area contributed by atoms with Crippen molar-refractivity contribution in [2.45, 2.75) is 24.7 Å². The first-order chi connectivity index (χ1) is 10.4. The monoisotopic (exact) mass is 388 g/mol. The molecule has 5 nitrogen and oxygen atoms in total. The molecule has 1 aromatic rings. The zero-order valence-electron chi connectivity index (χ0n) is 12.8. The maximum atomic E-state index is 12.7. The molecule has 0 spiro atoms. The molecular formula is C15H21BrN2O3S. The normalized spacial score (nSPS) is 19.9. The predicted octanol–water partition coefficient (Wildman–Crippen LogP) is 2.33. The van der Waals surface area contributed by atoms with Crippen molar-refractivity contribution in [3.05, 3.63) is 28.7 Å². The van der Waals surface area contributed by atoms with Crippen molar-refractivity contribution in [3.63, 3.8) is 0 Å². The third-order valence-corrected chi connectivity index (χ3v) is 6.44. The van der Waals surface area contributed by atoms with Crippen LogP contribution in [0.5, 0.6) is 0 Å². The van der Waals surface area contributed by atoms with Gasteiger partial charge in [-0.2, -0.15) is 4.31 Å². The SMILES string of the molecule is CCN(C)C(=O)C1CCCN(S(=O)(=O)c2ccc(Br)cc2)C1. The van der Waals surface area contributed by atoms with Gasteiger partial charge in [0.1, 0.15) is 0 Å². The summed E-state index contributed by atoms with van der Waals surface area (Å²) < 4.78 is 27.7.